The molecule has 1 aromatic carbocycles. The first-order valence-corrected chi connectivity index (χ1v) is 13.8. The summed E-state index contributed by atoms with van der Waals surface area (Å²) in [5, 5.41) is 12.7. The minimum atomic E-state index is -0.973. The van der Waals surface area contributed by atoms with Gasteiger partial charge >= 0.3 is 5.97 Å². The number of aliphatic carboxylic acids is 1. The Morgan fingerprint density at radius 3 is 2.59 bits per heavy atom. The molecule has 2 aromatic rings. The number of nitrogens with zero attached hydrogens (tertiary/aromatic N) is 2. The van der Waals surface area contributed by atoms with Crippen LogP contribution in [-0.4, -0.2) is 73.0 Å². The lowest BCUT2D eigenvalue weighted by Crippen LogP contribution is -2.37. The van der Waals surface area contributed by atoms with E-state index in [0.717, 1.165) is 42.1 Å². The Labute approximate surface area is 231 Å². The van der Waals surface area contributed by atoms with Gasteiger partial charge in [-0.2, -0.15) is 0 Å². The number of carboxylic acid groups (broad SMARTS) is 1. The number of amides is 1. The summed E-state index contributed by atoms with van der Waals surface area (Å²) in [5.74, 6) is -0.158. The average molecular weight is 542 g/mol. The summed E-state index contributed by atoms with van der Waals surface area (Å²) in [6.07, 6.45) is 3.73. The van der Waals surface area contributed by atoms with Crippen molar-refractivity contribution < 1.29 is 28.9 Å². The highest BCUT2D eigenvalue weighted by Crippen LogP contribution is 2.28. The van der Waals surface area contributed by atoms with E-state index in [1.165, 1.54) is 0 Å². The van der Waals surface area contributed by atoms with E-state index < -0.39 is 11.9 Å². The number of anilines is 1. The van der Waals surface area contributed by atoms with Crippen molar-refractivity contribution in [1.29, 1.82) is 0 Å². The van der Waals surface area contributed by atoms with Gasteiger partial charge in [-0.3, -0.25) is 9.59 Å². The van der Waals surface area contributed by atoms with Gasteiger partial charge in [-0.25, -0.2) is 4.98 Å². The van der Waals surface area contributed by atoms with Crippen molar-refractivity contribution in [3.8, 4) is 5.75 Å². The number of rotatable bonds is 16. The second-order valence-corrected chi connectivity index (χ2v) is 11.1. The van der Waals surface area contributed by atoms with E-state index in [1.54, 1.807) is 11.1 Å². The molecule has 9 nitrogen and oxygen atoms in total. The zero-order chi connectivity index (χ0) is 28.1. The average Bonchev–Trinajstić information content (AvgIpc) is 3.01. The molecule has 1 amide bonds. The quantitative estimate of drug-likeness (QED) is 0.301. The molecule has 1 aliphatic rings. The molecule has 9 heteroatoms. The largest absolute Gasteiger partial charge is 0.494 e. The molecule has 0 unspecified atom stereocenters. The van der Waals surface area contributed by atoms with Crippen molar-refractivity contribution in [3.63, 3.8) is 0 Å². The van der Waals surface area contributed by atoms with Gasteiger partial charge in [-0.05, 0) is 60.1 Å². The van der Waals surface area contributed by atoms with Crippen LogP contribution in [0.3, 0.4) is 0 Å². The van der Waals surface area contributed by atoms with Gasteiger partial charge in [0, 0.05) is 32.4 Å². The lowest BCUT2D eigenvalue weighted by atomic mass is 9.93. The third-order valence-electron chi connectivity index (χ3n) is 6.52. The molecule has 0 radical (unpaired) electrons. The molecule has 214 valence electrons. The lowest BCUT2D eigenvalue weighted by molar-refractivity contribution is -0.145. The Morgan fingerprint density at radius 1 is 1.08 bits per heavy atom. The molecule has 0 fully saturated rings. The van der Waals surface area contributed by atoms with Crippen LogP contribution in [0.2, 0.25) is 0 Å². The second-order valence-electron chi connectivity index (χ2n) is 11.1. The van der Waals surface area contributed by atoms with Crippen LogP contribution in [0.1, 0.15) is 51.2 Å². The first-order valence-electron chi connectivity index (χ1n) is 13.8. The van der Waals surface area contributed by atoms with E-state index in [-0.39, 0.29) is 17.7 Å². The number of aromatic nitrogens is 1. The van der Waals surface area contributed by atoms with Crippen molar-refractivity contribution in [2.45, 2.75) is 53.0 Å². The number of carbonyl (C=O) groups excluding carboxylic acids is 1. The molecular weight excluding hydrogens is 498 g/mol. The maximum atomic E-state index is 13.2. The second kappa shape index (κ2) is 15.4. The van der Waals surface area contributed by atoms with Crippen LogP contribution in [0, 0.1) is 11.3 Å². The van der Waals surface area contributed by atoms with Gasteiger partial charge in [0.25, 0.3) is 0 Å². The van der Waals surface area contributed by atoms with Gasteiger partial charge in [-0.1, -0.05) is 32.9 Å². The summed E-state index contributed by atoms with van der Waals surface area (Å²) >= 11 is 0. The molecule has 0 saturated heterocycles. The van der Waals surface area contributed by atoms with Crippen molar-refractivity contribution in [2.24, 2.45) is 11.3 Å². The van der Waals surface area contributed by atoms with Crippen LogP contribution in [0.15, 0.2) is 42.6 Å². The number of pyridine rings is 1. The Kier molecular flexibility index (Phi) is 12.0. The van der Waals surface area contributed by atoms with Gasteiger partial charge in [-0.15, -0.1) is 0 Å². The molecule has 0 spiro atoms. The summed E-state index contributed by atoms with van der Waals surface area (Å²) in [6.45, 7) is 10.6. The lowest BCUT2D eigenvalue weighted by Gasteiger charge is -2.24. The fourth-order valence-electron chi connectivity index (χ4n) is 4.31. The van der Waals surface area contributed by atoms with Crippen molar-refractivity contribution in [1.82, 2.24) is 9.88 Å². The van der Waals surface area contributed by atoms with Crippen molar-refractivity contribution >= 4 is 17.7 Å². The van der Waals surface area contributed by atoms with E-state index in [9.17, 15) is 14.7 Å². The van der Waals surface area contributed by atoms with Crippen molar-refractivity contribution in [2.75, 3.05) is 51.4 Å². The molecule has 2 heterocycles. The smallest absolute Gasteiger partial charge is 0.304 e. The Morgan fingerprint density at radius 2 is 1.87 bits per heavy atom. The van der Waals surface area contributed by atoms with Crippen LogP contribution in [0.5, 0.6) is 5.75 Å². The maximum Gasteiger partial charge on any atom is 0.304 e. The topological polar surface area (TPSA) is 110 Å². The molecule has 0 bridgehead atoms. The van der Waals surface area contributed by atoms with E-state index in [0.29, 0.717) is 52.5 Å². The molecule has 0 saturated carbocycles. The van der Waals surface area contributed by atoms with Gasteiger partial charge < -0.3 is 29.5 Å². The summed E-state index contributed by atoms with van der Waals surface area (Å²) in [4.78, 5) is 30.7. The number of carboxylic acids is 1. The first-order chi connectivity index (χ1) is 18.7. The third-order valence-corrected chi connectivity index (χ3v) is 6.52. The number of hydrogen-bond donors (Lipinski definition) is 2. The highest BCUT2D eigenvalue weighted by molar-refractivity contribution is 5.84. The molecule has 1 atom stereocenters. The summed E-state index contributed by atoms with van der Waals surface area (Å²) < 4.78 is 17.3. The van der Waals surface area contributed by atoms with E-state index in [1.807, 2.05) is 36.4 Å². The number of ether oxygens (including phenoxy) is 3. The maximum absolute atomic E-state index is 13.2. The van der Waals surface area contributed by atoms with Crippen LogP contribution in [0.4, 0.5) is 5.82 Å². The van der Waals surface area contributed by atoms with Gasteiger partial charge in [0.1, 0.15) is 11.6 Å². The fourth-order valence-corrected chi connectivity index (χ4v) is 4.31. The number of carbonyl (C=O) groups is 2. The van der Waals surface area contributed by atoms with E-state index in [4.69, 9.17) is 14.2 Å². The molecular formula is C30H43N3O6. The predicted octanol–water partition coefficient (Wildman–Crippen LogP) is 4.41. The SMILES string of the molecule is CC(C)(C)CCOCCOCCN1Cc2cc(OCCCNc3ccccn3)ccc2C[C@@H](CC(=O)O)C1=O. The van der Waals surface area contributed by atoms with Crippen LogP contribution in [0.25, 0.3) is 0 Å². The number of fused-ring (bicyclic) bond motifs is 1. The van der Waals surface area contributed by atoms with Gasteiger partial charge in [0.2, 0.25) is 5.91 Å². The number of nitrogens with one attached hydrogen (secondary N) is 1. The Balaban J connectivity index is 1.50. The number of benzene rings is 1. The monoisotopic (exact) mass is 541 g/mol. The fraction of sp³-hybridized carbons (Fsp3) is 0.567. The molecule has 3 rings (SSSR count). The predicted molar refractivity (Wildman–Crippen MR) is 150 cm³/mol. The van der Waals surface area contributed by atoms with Crippen LogP contribution < -0.4 is 10.1 Å². The highest BCUT2D eigenvalue weighted by atomic mass is 16.5. The number of hydrogen-bond acceptors (Lipinski definition) is 7. The first kappa shape index (κ1) is 30.4. The van der Waals surface area contributed by atoms with Crippen LogP contribution >= 0.6 is 0 Å². The van der Waals surface area contributed by atoms with Crippen molar-refractivity contribution in [3.05, 3.63) is 53.7 Å². The van der Waals surface area contributed by atoms with E-state index >= 15 is 0 Å². The molecule has 1 aliphatic heterocycles. The Hall–Kier alpha value is -3.17. The third kappa shape index (κ3) is 11.2. The van der Waals surface area contributed by atoms with E-state index in [2.05, 4.69) is 31.1 Å². The zero-order valence-electron chi connectivity index (χ0n) is 23.5. The molecule has 39 heavy (non-hydrogen) atoms. The minimum absolute atomic E-state index is 0.151. The standard InChI is InChI=1S/C30H43N3O6/c1-30(2,3)10-15-37-17-18-38-16-13-33-22-25-20-26(39-14-6-12-32-27-7-4-5-11-31-27)9-8-23(25)19-24(29(33)36)21-28(34)35/h4-5,7-9,11,20,24H,6,10,12-19,21-22H2,1-3H3,(H,31,32)(H,34,35)/t24-/m0/s1. The van der Waals surface area contributed by atoms with Gasteiger partial charge in [0.05, 0.1) is 38.8 Å². The van der Waals surface area contributed by atoms with Crippen LogP contribution in [-0.2, 0) is 32.0 Å². The Bertz CT molecular complexity index is 1040. The minimum Gasteiger partial charge on any atom is -0.494 e. The highest BCUT2D eigenvalue weighted by Gasteiger charge is 2.31. The summed E-state index contributed by atoms with van der Waals surface area (Å²) in [5.41, 5.74) is 2.19. The normalized spacial score (nSPS) is 15.5. The van der Waals surface area contributed by atoms with Gasteiger partial charge in [0.15, 0.2) is 0 Å². The summed E-state index contributed by atoms with van der Waals surface area (Å²) in [6, 6.07) is 11.6. The molecule has 0 aliphatic carbocycles. The molecule has 2 N–H and O–H groups in total. The zero-order valence-corrected chi connectivity index (χ0v) is 23.5. The molecule has 1 aromatic heterocycles. The summed E-state index contributed by atoms with van der Waals surface area (Å²) in [7, 11) is 0.